The highest BCUT2D eigenvalue weighted by molar-refractivity contribution is 6.41. The summed E-state index contributed by atoms with van der Waals surface area (Å²) in [4.78, 5) is 11.8. The molecule has 0 bridgehead atoms. The molecule has 4 nitrogen and oxygen atoms in total. The lowest BCUT2D eigenvalue weighted by Crippen LogP contribution is -2.24. The van der Waals surface area contributed by atoms with Gasteiger partial charge >= 0.3 is 0 Å². The van der Waals surface area contributed by atoms with E-state index in [1.54, 1.807) is 0 Å². The lowest BCUT2D eigenvalue weighted by Gasteiger charge is -2.07. The van der Waals surface area contributed by atoms with Gasteiger partial charge in [-0.3, -0.25) is 4.79 Å². The third-order valence-corrected chi connectivity index (χ3v) is 3.20. The molecule has 1 heterocycles. The van der Waals surface area contributed by atoms with Crippen molar-refractivity contribution in [2.75, 3.05) is 0 Å². The zero-order chi connectivity index (χ0) is 14.0. The summed E-state index contributed by atoms with van der Waals surface area (Å²) in [7, 11) is 0. The highest BCUT2D eigenvalue weighted by Gasteiger charge is 2.10. The van der Waals surface area contributed by atoms with Gasteiger partial charge in [0.05, 0.1) is 29.4 Å². The highest BCUT2D eigenvalue weighted by atomic mass is 35.5. The van der Waals surface area contributed by atoms with Crippen LogP contribution in [-0.4, -0.2) is 9.78 Å². The van der Waals surface area contributed by atoms with E-state index in [2.05, 4.69) is 5.10 Å². The number of hydrogen-bond donors (Lipinski definition) is 0. The number of rotatable bonds is 2. The van der Waals surface area contributed by atoms with Gasteiger partial charge in [-0.15, -0.1) is 0 Å². The zero-order valence-electron chi connectivity index (χ0n) is 9.40. The van der Waals surface area contributed by atoms with E-state index in [0.29, 0.717) is 5.56 Å². The number of halogens is 3. The second-order valence-electron chi connectivity index (χ2n) is 3.68. The molecular weight excluding hydrogens is 292 g/mol. The summed E-state index contributed by atoms with van der Waals surface area (Å²) in [6.07, 6.45) is 1.22. The van der Waals surface area contributed by atoms with Crippen LogP contribution in [-0.2, 0) is 6.54 Å². The smallest absolute Gasteiger partial charge is 0.266 e. The van der Waals surface area contributed by atoms with Crippen molar-refractivity contribution in [3.05, 3.63) is 61.7 Å². The van der Waals surface area contributed by atoms with Crippen LogP contribution in [0.15, 0.2) is 29.2 Å². The van der Waals surface area contributed by atoms with Crippen LogP contribution in [0.3, 0.4) is 0 Å². The average molecular weight is 298 g/mol. The number of aromatic nitrogens is 2. The Morgan fingerprint density at radius 2 is 2.16 bits per heavy atom. The van der Waals surface area contributed by atoms with Gasteiger partial charge in [0.25, 0.3) is 5.56 Å². The molecule has 0 unspecified atom stereocenters. The van der Waals surface area contributed by atoms with Crippen LogP contribution >= 0.6 is 23.2 Å². The maximum Gasteiger partial charge on any atom is 0.287 e. The van der Waals surface area contributed by atoms with Gasteiger partial charge in [-0.25, -0.2) is 9.07 Å². The summed E-state index contributed by atoms with van der Waals surface area (Å²) in [6, 6.07) is 5.61. The van der Waals surface area contributed by atoms with Gasteiger partial charge in [-0.2, -0.15) is 10.4 Å². The van der Waals surface area contributed by atoms with Crippen molar-refractivity contribution in [2.24, 2.45) is 0 Å². The minimum Gasteiger partial charge on any atom is -0.266 e. The standard InChI is InChI=1S/C12H6Cl2FN3O/c13-10-5-17-18(12(19)11(10)14)6-8-3-9(15)2-1-7(8)4-16/h1-3,5H,6H2. The monoisotopic (exact) mass is 297 g/mol. The molecule has 1 aromatic heterocycles. The van der Waals surface area contributed by atoms with E-state index in [4.69, 9.17) is 28.5 Å². The molecule has 0 radical (unpaired) electrons. The van der Waals surface area contributed by atoms with Crippen LogP contribution in [0.2, 0.25) is 10.0 Å². The van der Waals surface area contributed by atoms with Crippen LogP contribution < -0.4 is 5.56 Å². The predicted octanol–water partition coefficient (Wildman–Crippen LogP) is 2.61. The van der Waals surface area contributed by atoms with E-state index in [0.717, 1.165) is 4.68 Å². The molecule has 0 atom stereocenters. The second-order valence-corrected chi connectivity index (χ2v) is 4.47. The first kappa shape index (κ1) is 13.5. The first-order chi connectivity index (χ1) is 9.02. The zero-order valence-corrected chi connectivity index (χ0v) is 10.9. The number of hydrogen-bond acceptors (Lipinski definition) is 3. The van der Waals surface area contributed by atoms with Gasteiger partial charge in [-0.05, 0) is 23.8 Å². The summed E-state index contributed by atoms with van der Waals surface area (Å²) >= 11 is 11.4. The average Bonchev–Trinajstić information content (AvgIpc) is 2.40. The fraction of sp³-hybridized carbons (Fsp3) is 0.0833. The molecule has 0 aliphatic carbocycles. The molecule has 7 heteroatoms. The fourth-order valence-corrected chi connectivity index (χ4v) is 1.79. The topological polar surface area (TPSA) is 58.7 Å². The van der Waals surface area contributed by atoms with Crippen LogP contribution in [0.1, 0.15) is 11.1 Å². The molecule has 0 aliphatic heterocycles. The van der Waals surface area contributed by atoms with Gasteiger partial charge in [-0.1, -0.05) is 23.2 Å². The van der Waals surface area contributed by atoms with E-state index < -0.39 is 11.4 Å². The molecule has 0 amide bonds. The van der Waals surface area contributed by atoms with Crippen molar-refractivity contribution in [3.8, 4) is 6.07 Å². The van der Waals surface area contributed by atoms with E-state index >= 15 is 0 Å². The maximum atomic E-state index is 13.2. The third-order valence-electron chi connectivity index (χ3n) is 2.45. The Labute approximate surface area is 117 Å². The van der Waals surface area contributed by atoms with Crippen molar-refractivity contribution in [1.29, 1.82) is 5.26 Å². The quantitative estimate of drug-likeness (QED) is 0.856. The molecule has 0 saturated carbocycles. The Balaban J connectivity index is 2.48. The van der Waals surface area contributed by atoms with E-state index in [1.807, 2.05) is 6.07 Å². The molecule has 0 fully saturated rings. The van der Waals surface area contributed by atoms with Crippen LogP contribution in [0.5, 0.6) is 0 Å². The first-order valence-corrected chi connectivity index (χ1v) is 5.88. The van der Waals surface area contributed by atoms with Crippen molar-refractivity contribution >= 4 is 23.2 Å². The molecular formula is C12H6Cl2FN3O. The SMILES string of the molecule is N#Cc1ccc(F)cc1Cn1ncc(Cl)c(Cl)c1=O. The summed E-state index contributed by atoms with van der Waals surface area (Å²) in [5.74, 6) is -0.498. The van der Waals surface area contributed by atoms with Gasteiger partial charge in [0, 0.05) is 0 Å². The molecule has 0 N–H and O–H groups in total. The Morgan fingerprint density at radius 1 is 1.42 bits per heavy atom. The minimum atomic E-state index is -0.595. The molecule has 1 aromatic carbocycles. The third kappa shape index (κ3) is 2.75. The normalized spacial score (nSPS) is 10.2. The lowest BCUT2D eigenvalue weighted by molar-refractivity contribution is 0.610. The largest absolute Gasteiger partial charge is 0.287 e. The van der Waals surface area contributed by atoms with Crippen LogP contribution in [0, 0.1) is 17.1 Å². The molecule has 0 spiro atoms. The Bertz CT molecular complexity index is 737. The van der Waals surface area contributed by atoms with Crippen molar-refractivity contribution in [1.82, 2.24) is 9.78 Å². The summed E-state index contributed by atoms with van der Waals surface area (Å²) in [6.45, 7) is -0.0592. The van der Waals surface area contributed by atoms with Crippen molar-refractivity contribution in [2.45, 2.75) is 6.54 Å². The Kier molecular flexibility index (Phi) is 3.84. The molecule has 0 saturated heterocycles. The summed E-state index contributed by atoms with van der Waals surface area (Å²) < 4.78 is 14.2. The molecule has 0 aliphatic rings. The predicted molar refractivity (Wildman–Crippen MR) is 68.7 cm³/mol. The van der Waals surface area contributed by atoms with Gasteiger partial charge in [0.1, 0.15) is 10.8 Å². The van der Waals surface area contributed by atoms with Crippen LogP contribution in [0.4, 0.5) is 4.39 Å². The number of benzene rings is 1. The Morgan fingerprint density at radius 3 is 2.84 bits per heavy atom. The lowest BCUT2D eigenvalue weighted by atomic mass is 10.1. The Hall–Kier alpha value is -1.90. The van der Waals surface area contributed by atoms with Gasteiger partial charge in [0.2, 0.25) is 0 Å². The van der Waals surface area contributed by atoms with E-state index in [-0.39, 0.29) is 22.2 Å². The molecule has 96 valence electrons. The fourth-order valence-electron chi connectivity index (χ4n) is 1.52. The summed E-state index contributed by atoms with van der Waals surface area (Å²) in [5.41, 5.74) is 0.0129. The summed E-state index contributed by atoms with van der Waals surface area (Å²) in [5, 5.41) is 12.6. The van der Waals surface area contributed by atoms with E-state index in [9.17, 15) is 9.18 Å². The van der Waals surface area contributed by atoms with Crippen LogP contribution in [0.25, 0.3) is 0 Å². The first-order valence-electron chi connectivity index (χ1n) is 5.12. The van der Waals surface area contributed by atoms with Gasteiger partial charge < -0.3 is 0 Å². The number of nitrogens with zero attached hydrogens (tertiary/aromatic N) is 3. The molecule has 2 aromatic rings. The highest BCUT2D eigenvalue weighted by Crippen LogP contribution is 2.16. The second kappa shape index (κ2) is 5.39. The van der Waals surface area contributed by atoms with Crippen molar-refractivity contribution < 1.29 is 4.39 Å². The number of nitriles is 1. The minimum absolute atomic E-state index is 0.0441. The molecule has 19 heavy (non-hydrogen) atoms. The maximum absolute atomic E-state index is 13.2. The van der Waals surface area contributed by atoms with E-state index in [1.165, 1.54) is 24.4 Å². The van der Waals surface area contributed by atoms with Gasteiger partial charge in [0.15, 0.2) is 0 Å². The molecule has 2 rings (SSSR count). The van der Waals surface area contributed by atoms with Crippen molar-refractivity contribution in [3.63, 3.8) is 0 Å².